The molecular weight excluding hydrogens is 1470 g/mol. The third-order valence-electron chi connectivity index (χ3n) is 16.7. The van der Waals surface area contributed by atoms with Crippen molar-refractivity contribution in [3.8, 4) is 17.3 Å². The number of aliphatic hydroxyl groups is 1. The number of esters is 2. The third-order valence-corrected chi connectivity index (χ3v) is 17.7. The van der Waals surface area contributed by atoms with E-state index in [2.05, 4.69) is 49.2 Å². The van der Waals surface area contributed by atoms with Crippen molar-refractivity contribution in [2.75, 3.05) is 78.8 Å². The Hall–Kier alpha value is -8.47. The number of thiazole rings is 1. The van der Waals surface area contributed by atoms with Crippen molar-refractivity contribution in [3.05, 3.63) is 136 Å². The first-order chi connectivity index (χ1) is 48.8. The number of quaternary nitrogens is 1. The van der Waals surface area contributed by atoms with Crippen LogP contribution in [-0.2, 0) is 63.4 Å². The lowest BCUT2D eigenvalue weighted by molar-refractivity contribution is -0.870. The average molecular weight is 1580 g/mol. The first-order valence-corrected chi connectivity index (χ1v) is 36.0. The Morgan fingerprint density at radius 1 is 0.683 bits per heavy atom. The number of benzene rings is 2. The largest absolute Gasteiger partial charge is 1.00 e. The summed E-state index contributed by atoms with van der Waals surface area (Å²) in [7, 11) is 12.2. The minimum Gasteiger partial charge on any atom is -1.00 e. The Balaban J connectivity index is 0.000000855. The number of hydrogen-bond donors (Lipinski definition) is 1. The zero-order valence-electron chi connectivity index (χ0n) is 62.8. The van der Waals surface area contributed by atoms with Gasteiger partial charge in [-0.15, -0.1) is 16.0 Å². The molecule has 29 heteroatoms. The summed E-state index contributed by atoms with van der Waals surface area (Å²) in [6.45, 7) is 11.0. The molecule has 4 aromatic heterocycles. The molecular formula is C75H106F2IN12O13S+. The van der Waals surface area contributed by atoms with E-state index in [1.165, 1.54) is 197 Å². The van der Waals surface area contributed by atoms with Crippen molar-refractivity contribution < 1.29 is 104 Å². The fourth-order valence-corrected chi connectivity index (χ4v) is 11.7. The summed E-state index contributed by atoms with van der Waals surface area (Å²) in [5.41, 5.74) is -0.923. The third kappa shape index (κ3) is 29.9. The molecule has 0 spiro atoms. The Labute approximate surface area is 632 Å². The van der Waals surface area contributed by atoms with E-state index in [1.807, 2.05) is 0 Å². The maximum absolute atomic E-state index is 15.5. The predicted molar refractivity (Wildman–Crippen MR) is 386 cm³/mol. The molecule has 6 aromatic rings. The maximum Gasteiger partial charge on any atom is 0.418 e. The van der Waals surface area contributed by atoms with Gasteiger partial charge in [0, 0.05) is 93.1 Å². The topological polar surface area (TPSA) is 275 Å². The van der Waals surface area contributed by atoms with E-state index in [4.69, 9.17) is 33.4 Å². The van der Waals surface area contributed by atoms with Crippen molar-refractivity contribution in [3.63, 3.8) is 0 Å². The molecule has 2 unspecified atom stereocenters. The Morgan fingerprint density at radius 3 is 1.67 bits per heavy atom. The van der Waals surface area contributed by atoms with Gasteiger partial charge in [0.25, 0.3) is 6.33 Å². The van der Waals surface area contributed by atoms with Crippen LogP contribution in [0.3, 0.4) is 0 Å². The van der Waals surface area contributed by atoms with Crippen LogP contribution < -0.4 is 38.3 Å². The number of halogens is 3. The lowest BCUT2D eigenvalue weighted by Gasteiger charge is -2.32. The highest BCUT2D eigenvalue weighted by Gasteiger charge is 2.44. The van der Waals surface area contributed by atoms with Gasteiger partial charge in [0.1, 0.15) is 67.3 Å². The van der Waals surface area contributed by atoms with E-state index in [-0.39, 0.29) is 53.3 Å². The number of carbonyl (C=O) groups is 6. The maximum atomic E-state index is 15.5. The number of amides is 4. The summed E-state index contributed by atoms with van der Waals surface area (Å²) in [4.78, 5) is 94.5. The van der Waals surface area contributed by atoms with Crippen LogP contribution in [0.15, 0.2) is 97.2 Å². The quantitative estimate of drug-likeness (QED) is 0.00721. The Morgan fingerprint density at radius 2 is 1.17 bits per heavy atom. The number of unbranched alkanes of at least 4 members (excludes halogenated alkanes) is 15. The Kier molecular flexibility index (Phi) is 37.0. The number of likely N-dealkylation sites (N-methyl/N-ethyl adjacent to an activating group) is 2. The van der Waals surface area contributed by atoms with E-state index in [0.29, 0.717) is 27.4 Å². The van der Waals surface area contributed by atoms with Crippen LogP contribution in [0, 0.1) is 23.0 Å². The first-order valence-electron chi connectivity index (χ1n) is 35.1. The zero-order chi connectivity index (χ0) is 75.9. The summed E-state index contributed by atoms with van der Waals surface area (Å²) < 4.78 is 66.2. The second-order valence-corrected chi connectivity index (χ2v) is 28.6. The second-order valence-electron chi connectivity index (χ2n) is 27.7. The van der Waals surface area contributed by atoms with Gasteiger partial charge in [-0.2, -0.15) is 9.83 Å². The zero-order valence-corrected chi connectivity index (χ0v) is 65.8. The molecule has 0 saturated carbocycles. The van der Waals surface area contributed by atoms with Gasteiger partial charge in [-0.1, -0.05) is 128 Å². The van der Waals surface area contributed by atoms with Crippen LogP contribution in [0.2, 0.25) is 0 Å². The molecule has 0 aliphatic carbocycles. The number of rotatable bonds is 37. The summed E-state index contributed by atoms with van der Waals surface area (Å²) >= 11 is 1.21. The van der Waals surface area contributed by atoms with Crippen molar-refractivity contribution in [1.29, 1.82) is 5.26 Å². The Bertz CT molecular complexity index is 3720. The first kappa shape index (κ1) is 87.9. The van der Waals surface area contributed by atoms with Crippen LogP contribution in [0.25, 0.3) is 11.3 Å². The van der Waals surface area contributed by atoms with Crippen LogP contribution >= 0.6 is 11.3 Å². The van der Waals surface area contributed by atoms with Gasteiger partial charge in [-0.3, -0.25) is 19.4 Å². The number of nitriles is 1. The van der Waals surface area contributed by atoms with Gasteiger partial charge >= 0.3 is 36.3 Å². The monoisotopic (exact) mass is 1580 g/mol. The molecule has 1 N–H and O–H groups in total. The minimum absolute atomic E-state index is 0. The van der Waals surface area contributed by atoms with Crippen molar-refractivity contribution in [2.45, 2.75) is 201 Å². The molecule has 4 atom stereocenters. The van der Waals surface area contributed by atoms with Gasteiger partial charge in [-0.25, -0.2) is 42.9 Å². The van der Waals surface area contributed by atoms with Crippen LogP contribution in [0.5, 0.6) is 0 Å². The smallest absolute Gasteiger partial charge is 0.418 e. The predicted octanol–water partition coefficient (Wildman–Crippen LogP) is 11.3. The van der Waals surface area contributed by atoms with E-state index < -0.39 is 104 Å². The molecule has 25 nitrogen and oxygen atoms in total. The van der Waals surface area contributed by atoms with E-state index in [9.17, 15) is 43.5 Å². The van der Waals surface area contributed by atoms with Gasteiger partial charge in [0.2, 0.25) is 18.8 Å². The van der Waals surface area contributed by atoms with Crippen molar-refractivity contribution >= 4 is 59.3 Å². The number of anilines is 2. The van der Waals surface area contributed by atoms with Gasteiger partial charge < -0.3 is 71.8 Å². The van der Waals surface area contributed by atoms with Gasteiger partial charge in [-0.05, 0) is 76.1 Å². The molecule has 0 bridgehead atoms. The molecule has 0 saturated heterocycles. The number of nitrogens with zero attached hydrogens (tertiary/aromatic N) is 12. The minimum atomic E-state index is -2.12. The molecule has 2 aromatic carbocycles. The number of aromatic nitrogens is 6. The number of ether oxygens (including phenoxy) is 6. The van der Waals surface area contributed by atoms with Crippen LogP contribution in [-0.4, -0.2) is 161 Å². The molecule has 4 amide bonds. The second kappa shape index (κ2) is 43.7. The fraction of sp³-hybridized carbons (Fsp3) is 0.547. The number of hydrogen-bond acceptors (Lipinski definition) is 19. The standard InChI is InChI=1S/C54H60F2N11O13S.C21H46N.HI/c1-33(48-61-43(29-81-48)37-17-15-36(24-57)16-18-37)54(74,41-23-40(55)19-20-42(41)56)30-67-32-66(31-60-67)34(2)77-51(72)64(9)46-38(13-11-21-58-46)27-75-44(68)25-62(7)49(70)78-35(3)79-52(73)65(10)47-39(14-12-22-59-47)28-76-45(69)26-63(8)50(71)80-53(4,5)6;1-5-6-7-8-9-10-11-12-13-14-15-16-17-18-19-20-21-22(2,3)4;/h11-23,29,31-35,74H,25-28,30H2,1-10H3;5-21H2,1-4H3;1H/q2*+1;/p-1/t33-,34?,35?,54+;;/m0../s1. The van der Waals surface area contributed by atoms with Gasteiger partial charge in [0.15, 0.2) is 0 Å². The van der Waals surface area contributed by atoms with E-state index in [0.717, 1.165) is 42.3 Å². The molecule has 104 heavy (non-hydrogen) atoms. The SMILES string of the molecule is CC(OC(=O)N(C)CC(=O)OCc1cccnc1N(C)C(=O)OC(C)[n+]1cnn(C[C@](O)(c2cc(F)ccc2F)[C@@H](C)c2nc(-c3ccc(C#N)cc3)cs2)c1)OC(=O)N(C)c1ncccc1COC(=O)CN(C)C(=O)OC(C)(C)C.CCCCCCCCCCCCCCCCCC[N+](C)(C)C.[I-]. The number of carbonyl (C=O) groups excluding carboxylic acids is 6. The molecule has 0 radical (unpaired) electrons. The fourth-order valence-electron chi connectivity index (χ4n) is 10.7. The average Bonchev–Trinajstić information content (AvgIpc) is 1.43. The lowest BCUT2D eigenvalue weighted by Crippen LogP contribution is -3.00. The summed E-state index contributed by atoms with van der Waals surface area (Å²) in [5.74, 6) is -4.10. The van der Waals surface area contributed by atoms with Crippen molar-refractivity contribution in [1.82, 2.24) is 34.5 Å². The molecule has 570 valence electrons. The number of pyridine rings is 2. The summed E-state index contributed by atoms with van der Waals surface area (Å²) in [6.07, 6.45) is 22.7. The highest BCUT2D eigenvalue weighted by atomic mass is 127. The molecule has 0 aliphatic rings. The molecule has 0 fully saturated rings. The van der Waals surface area contributed by atoms with Crippen LogP contribution in [0.1, 0.15) is 191 Å². The molecule has 4 heterocycles. The molecule has 0 aliphatic heterocycles. The highest BCUT2D eigenvalue weighted by molar-refractivity contribution is 7.10. The van der Waals surface area contributed by atoms with Crippen LogP contribution in [0.4, 0.5) is 39.6 Å². The van der Waals surface area contributed by atoms with Gasteiger partial charge in [0.05, 0.1) is 50.0 Å². The van der Waals surface area contributed by atoms with Crippen molar-refractivity contribution in [2.24, 2.45) is 0 Å². The summed E-state index contributed by atoms with van der Waals surface area (Å²) in [6, 6.07) is 17.8. The van der Waals surface area contributed by atoms with E-state index in [1.54, 1.807) is 81.6 Å². The summed E-state index contributed by atoms with van der Waals surface area (Å²) in [5, 5.41) is 28.1. The van der Waals surface area contributed by atoms with E-state index >= 15 is 4.39 Å². The normalized spacial score (nSPS) is 12.7. The molecule has 6 rings (SSSR count). The lowest BCUT2D eigenvalue weighted by atomic mass is 9.82. The highest BCUT2D eigenvalue weighted by Crippen LogP contribution is 2.42.